The van der Waals surface area contributed by atoms with Gasteiger partial charge < -0.3 is 19.8 Å². The number of morpholine rings is 1. The zero-order valence-electron chi connectivity index (χ0n) is 11.3. The highest BCUT2D eigenvalue weighted by Crippen LogP contribution is 2.18. The van der Waals surface area contributed by atoms with Crippen molar-refractivity contribution in [3.8, 4) is 11.5 Å². The fourth-order valence-electron chi connectivity index (χ4n) is 1.81. The van der Waals surface area contributed by atoms with Crippen LogP contribution in [0.1, 0.15) is 0 Å². The van der Waals surface area contributed by atoms with Crippen molar-refractivity contribution in [1.29, 1.82) is 0 Å². The van der Waals surface area contributed by atoms with Crippen LogP contribution in [-0.2, 0) is 4.74 Å². The van der Waals surface area contributed by atoms with E-state index in [0.717, 1.165) is 32.0 Å². The van der Waals surface area contributed by atoms with Crippen LogP contribution < -0.4 is 4.90 Å². The van der Waals surface area contributed by atoms with Gasteiger partial charge in [-0.3, -0.25) is 9.97 Å². The molecule has 0 spiro atoms. The number of ether oxygens (including phenoxy) is 1. The van der Waals surface area contributed by atoms with E-state index < -0.39 is 0 Å². The van der Waals surface area contributed by atoms with Crippen LogP contribution in [0.3, 0.4) is 0 Å². The number of rotatable bonds is 1. The lowest BCUT2D eigenvalue weighted by Crippen LogP contribution is -2.36. The molecular formula is C14H16ClN3O3. The molecule has 0 aromatic carbocycles. The number of anilines is 1. The second-order valence-electron chi connectivity index (χ2n) is 4.36. The Balaban J connectivity index is 0.000000173. The highest BCUT2D eigenvalue weighted by atomic mass is 35.5. The third-order valence-corrected chi connectivity index (χ3v) is 2.98. The first-order valence-electron chi connectivity index (χ1n) is 6.41. The van der Waals surface area contributed by atoms with Gasteiger partial charge in [0.2, 0.25) is 0 Å². The molecule has 0 atom stereocenters. The zero-order valence-corrected chi connectivity index (χ0v) is 12.1. The minimum Gasteiger partial charge on any atom is -0.506 e. The van der Waals surface area contributed by atoms with Crippen LogP contribution in [0.15, 0.2) is 36.9 Å². The summed E-state index contributed by atoms with van der Waals surface area (Å²) >= 11 is 5.42. The number of hydrogen-bond acceptors (Lipinski definition) is 6. The van der Waals surface area contributed by atoms with Gasteiger partial charge in [0.25, 0.3) is 0 Å². The predicted molar refractivity (Wildman–Crippen MR) is 79.8 cm³/mol. The summed E-state index contributed by atoms with van der Waals surface area (Å²) in [5.74, 6) is 0.307. The molecule has 6 nitrogen and oxygen atoms in total. The molecule has 1 saturated heterocycles. The molecule has 0 saturated carbocycles. The zero-order chi connectivity index (χ0) is 15.1. The Morgan fingerprint density at radius 3 is 2.10 bits per heavy atom. The molecule has 0 radical (unpaired) electrons. The normalized spacial score (nSPS) is 14.2. The number of hydrogen-bond donors (Lipinski definition) is 2. The molecule has 0 amide bonds. The third-order valence-electron chi connectivity index (χ3n) is 2.78. The number of nitrogens with zero attached hydrogens (tertiary/aromatic N) is 3. The van der Waals surface area contributed by atoms with Crippen LogP contribution in [-0.4, -0.2) is 46.5 Å². The Labute approximate surface area is 127 Å². The monoisotopic (exact) mass is 309 g/mol. The van der Waals surface area contributed by atoms with Gasteiger partial charge in [0.1, 0.15) is 11.5 Å². The van der Waals surface area contributed by atoms with E-state index in [1.807, 2.05) is 0 Å². The van der Waals surface area contributed by atoms with Gasteiger partial charge in [-0.15, -0.1) is 0 Å². The van der Waals surface area contributed by atoms with Crippen molar-refractivity contribution < 1.29 is 14.9 Å². The van der Waals surface area contributed by atoms with E-state index in [-0.39, 0.29) is 11.5 Å². The molecule has 1 fully saturated rings. The van der Waals surface area contributed by atoms with E-state index in [1.165, 1.54) is 24.7 Å². The fourth-order valence-corrected chi connectivity index (χ4v) is 1.98. The average Bonchev–Trinajstić information content (AvgIpc) is 2.49. The molecule has 21 heavy (non-hydrogen) atoms. The molecule has 1 aliphatic heterocycles. The second kappa shape index (κ2) is 7.66. The Morgan fingerprint density at radius 1 is 0.952 bits per heavy atom. The summed E-state index contributed by atoms with van der Waals surface area (Å²) in [5.41, 5.74) is 0.961. The van der Waals surface area contributed by atoms with Crippen molar-refractivity contribution in [2.75, 3.05) is 31.2 Å². The molecule has 3 heterocycles. The third kappa shape index (κ3) is 5.09. The lowest BCUT2D eigenvalue weighted by molar-refractivity contribution is 0.122. The summed E-state index contributed by atoms with van der Waals surface area (Å²) in [4.78, 5) is 9.68. The van der Waals surface area contributed by atoms with E-state index in [2.05, 4.69) is 14.9 Å². The largest absolute Gasteiger partial charge is 0.506 e. The van der Waals surface area contributed by atoms with Crippen molar-refractivity contribution in [2.45, 2.75) is 0 Å². The van der Waals surface area contributed by atoms with Gasteiger partial charge in [0.15, 0.2) is 0 Å². The molecule has 3 rings (SSSR count). The quantitative estimate of drug-likeness (QED) is 0.839. The van der Waals surface area contributed by atoms with Gasteiger partial charge in [-0.25, -0.2) is 0 Å². The first kappa shape index (κ1) is 15.3. The topological polar surface area (TPSA) is 78.7 Å². The molecule has 7 heteroatoms. The summed E-state index contributed by atoms with van der Waals surface area (Å²) < 4.78 is 5.23. The second-order valence-corrected chi connectivity index (χ2v) is 4.80. The van der Waals surface area contributed by atoms with Gasteiger partial charge in [-0.1, -0.05) is 11.6 Å². The summed E-state index contributed by atoms with van der Waals surface area (Å²) in [6.07, 6.45) is 5.97. The lowest BCUT2D eigenvalue weighted by Gasteiger charge is -2.28. The number of aromatic nitrogens is 2. The van der Waals surface area contributed by atoms with Gasteiger partial charge >= 0.3 is 0 Å². The SMILES string of the molecule is Oc1cncc(Cl)c1.Oc1cncc(N2CCOCC2)c1. The summed E-state index contributed by atoms with van der Waals surface area (Å²) in [7, 11) is 0. The van der Waals surface area contributed by atoms with Crippen molar-refractivity contribution in [3.63, 3.8) is 0 Å². The molecule has 2 aromatic heterocycles. The van der Waals surface area contributed by atoms with Crippen LogP contribution >= 0.6 is 11.6 Å². The maximum atomic E-state index is 9.22. The minimum atomic E-state index is 0.0949. The van der Waals surface area contributed by atoms with Crippen molar-refractivity contribution in [3.05, 3.63) is 41.9 Å². The van der Waals surface area contributed by atoms with Crippen molar-refractivity contribution in [2.24, 2.45) is 0 Å². The Kier molecular flexibility index (Phi) is 5.59. The molecule has 0 bridgehead atoms. The van der Waals surface area contributed by atoms with E-state index >= 15 is 0 Å². The van der Waals surface area contributed by atoms with Crippen molar-refractivity contribution in [1.82, 2.24) is 9.97 Å². The molecule has 1 aliphatic rings. The molecule has 2 aromatic rings. The molecule has 112 valence electrons. The van der Waals surface area contributed by atoms with E-state index in [1.54, 1.807) is 12.3 Å². The standard InChI is InChI=1S/C9H12N2O2.C5H4ClNO/c12-9-5-8(6-10-7-9)11-1-3-13-4-2-11;6-4-1-5(8)3-7-2-4/h5-7,12H,1-4H2;1-3,8H. The van der Waals surface area contributed by atoms with Gasteiger partial charge in [-0.05, 0) is 0 Å². The van der Waals surface area contributed by atoms with Crippen LogP contribution in [0.25, 0.3) is 0 Å². The Bertz CT molecular complexity index is 560. The molecule has 0 unspecified atom stereocenters. The van der Waals surface area contributed by atoms with Crippen LogP contribution in [0, 0.1) is 0 Å². The molecule has 0 aliphatic carbocycles. The van der Waals surface area contributed by atoms with Crippen molar-refractivity contribution >= 4 is 17.3 Å². The first-order valence-corrected chi connectivity index (χ1v) is 6.79. The van der Waals surface area contributed by atoms with E-state index in [4.69, 9.17) is 21.4 Å². The number of halogens is 1. The van der Waals surface area contributed by atoms with Gasteiger partial charge in [-0.2, -0.15) is 0 Å². The maximum Gasteiger partial charge on any atom is 0.135 e. The molecule has 2 N–H and O–H groups in total. The summed E-state index contributed by atoms with van der Waals surface area (Å²) in [6, 6.07) is 3.15. The van der Waals surface area contributed by atoms with E-state index in [0.29, 0.717) is 5.02 Å². The Morgan fingerprint density at radius 2 is 1.57 bits per heavy atom. The number of pyridine rings is 2. The summed E-state index contributed by atoms with van der Waals surface area (Å²) in [6.45, 7) is 3.22. The van der Waals surface area contributed by atoms with Crippen LogP contribution in [0.4, 0.5) is 5.69 Å². The Hall–Kier alpha value is -2.05. The predicted octanol–water partition coefficient (Wildman–Crippen LogP) is 2.06. The van der Waals surface area contributed by atoms with Crippen LogP contribution in [0.5, 0.6) is 11.5 Å². The fraction of sp³-hybridized carbons (Fsp3) is 0.286. The highest BCUT2D eigenvalue weighted by molar-refractivity contribution is 6.30. The minimum absolute atomic E-state index is 0.0949. The highest BCUT2D eigenvalue weighted by Gasteiger charge is 2.11. The van der Waals surface area contributed by atoms with Gasteiger partial charge in [0.05, 0.1) is 42.5 Å². The number of aromatic hydroxyl groups is 2. The smallest absolute Gasteiger partial charge is 0.135 e. The average molecular weight is 310 g/mol. The first-order chi connectivity index (χ1) is 10.1. The molecular weight excluding hydrogens is 294 g/mol. The maximum absolute atomic E-state index is 9.22. The summed E-state index contributed by atoms with van der Waals surface area (Å²) in [5, 5.41) is 18.3. The van der Waals surface area contributed by atoms with E-state index in [9.17, 15) is 5.11 Å². The van der Waals surface area contributed by atoms with Crippen LogP contribution in [0.2, 0.25) is 5.02 Å². The lowest BCUT2D eigenvalue weighted by atomic mass is 10.3. The van der Waals surface area contributed by atoms with Gasteiger partial charge in [0, 0.05) is 31.4 Å².